The van der Waals surface area contributed by atoms with E-state index in [4.69, 9.17) is 9.47 Å². The SMILES string of the molecule is COc1ccc(-c2nnc(S[C@H](C)C(=O)N3CCOCC3)n2C)cc1. The third kappa shape index (κ3) is 3.96. The normalized spacial score (nSPS) is 15.9. The van der Waals surface area contributed by atoms with Crippen LogP contribution in [0.25, 0.3) is 11.4 Å². The molecule has 8 heteroatoms. The number of ether oxygens (including phenoxy) is 2. The molecule has 25 heavy (non-hydrogen) atoms. The molecule has 1 atom stereocenters. The van der Waals surface area contributed by atoms with Crippen LogP contribution < -0.4 is 4.74 Å². The van der Waals surface area contributed by atoms with Crippen molar-refractivity contribution in [2.75, 3.05) is 33.4 Å². The summed E-state index contributed by atoms with van der Waals surface area (Å²) in [5, 5.41) is 9.03. The van der Waals surface area contributed by atoms with Gasteiger partial charge in [-0.3, -0.25) is 4.79 Å². The molecule has 1 aliphatic rings. The molecule has 1 saturated heterocycles. The zero-order chi connectivity index (χ0) is 17.8. The summed E-state index contributed by atoms with van der Waals surface area (Å²) < 4.78 is 12.4. The zero-order valence-corrected chi connectivity index (χ0v) is 15.5. The van der Waals surface area contributed by atoms with Crippen LogP contribution in [-0.2, 0) is 16.6 Å². The van der Waals surface area contributed by atoms with Crippen molar-refractivity contribution in [3.8, 4) is 17.1 Å². The van der Waals surface area contributed by atoms with E-state index >= 15 is 0 Å². The molecule has 0 N–H and O–H groups in total. The van der Waals surface area contributed by atoms with Crippen LogP contribution in [0.1, 0.15) is 6.92 Å². The maximum atomic E-state index is 12.5. The van der Waals surface area contributed by atoms with E-state index in [1.807, 2.05) is 47.7 Å². The van der Waals surface area contributed by atoms with Crippen molar-refractivity contribution < 1.29 is 14.3 Å². The Kier molecular flexibility index (Phi) is 5.60. The van der Waals surface area contributed by atoms with Crippen LogP contribution in [0.15, 0.2) is 29.4 Å². The lowest BCUT2D eigenvalue weighted by Crippen LogP contribution is -2.44. The number of amides is 1. The van der Waals surface area contributed by atoms with Crippen LogP contribution in [0.5, 0.6) is 5.75 Å². The first-order valence-electron chi connectivity index (χ1n) is 8.17. The molecule has 1 aromatic heterocycles. The highest BCUT2D eigenvalue weighted by Crippen LogP contribution is 2.27. The number of carbonyl (C=O) groups excluding carboxylic acids is 1. The number of methoxy groups -OCH3 is 1. The number of benzene rings is 1. The summed E-state index contributed by atoms with van der Waals surface area (Å²) in [5.41, 5.74) is 0.954. The molecule has 3 rings (SSSR count). The molecule has 1 aromatic carbocycles. The molecule has 0 aliphatic carbocycles. The Balaban J connectivity index is 1.70. The first-order chi connectivity index (χ1) is 12.1. The fraction of sp³-hybridized carbons (Fsp3) is 0.471. The number of nitrogens with zero attached hydrogens (tertiary/aromatic N) is 4. The van der Waals surface area contributed by atoms with Crippen LogP contribution >= 0.6 is 11.8 Å². The molecule has 0 radical (unpaired) electrons. The Morgan fingerprint density at radius 3 is 2.56 bits per heavy atom. The van der Waals surface area contributed by atoms with E-state index in [-0.39, 0.29) is 11.2 Å². The summed E-state index contributed by atoms with van der Waals surface area (Å²) in [5.74, 6) is 1.67. The lowest BCUT2D eigenvalue weighted by Gasteiger charge is -2.28. The fourth-order valence-corrected chi connectivity index (χ4v) is 3.56. The molecule has 0 saturated carbocycles. The summed E-state index contributed by atoms with van der Waals surface area (Å²) in [6, 6.07) is 7.67. The van der Waals surface area contributed by atoms with E-state index < -0.39 is 0 Å². The highest BCUT2D eigenvalue weighted by Gasteiger charge is 2.25. The second-order valence-corrected chi connectivity index (χ2v) is 7.10. The maximum Gasteiger partial charge on any atom is 0.236 e. The van der Waals surface area contributed by atoms with E-state index in [1.165, 1.54) is 11.8 Å². The van der Waals surface area contributed by atoms with Crippen molar-refractivity contribution in [2.24, 2.45) is 7.05 Å². The Morgan fingerprint density at radius 1 is 1.24 bits per heavy atom. The molecule has 1 amide bonds. The number of rotatable bonds is 5. The van der Waals surface area contributed by atoms with Crippen molar-refractivity contribution in [3.63, 3.8) is 0 Å². The number of carbonyl (C=O) groups is 1. The quantitative estimate of drug-likeness (QED) is 0.756. The Hall–Kier alpha value is -2.06. The minimum Gasteiger partial charge on any atom is -0.497 e. The zero-order valence-electron chi connectivity index (χ0n) is 14.6. The number of morpholine rings is 1. The van der Waals surface area contributed by atoms with Crippen LogP contribution in [0.4, 0.5) is 0 Å². The molecular formula is C17H22N4O3S. The molecule has 2 heterocycles. The van der Waals surface area contributed by atoms with Crippen molar-refractivity contribution in [3.05, 3.63) is 24.3 Å². The van der Waals surface area contributed by atoms with Gasteiger partial charge in [-0.1, -0.05) is 11.8 Å². The predicted molar refractivity (Wildman–Crippen MR) is 95.7 cm³/mol. The van der Waals surface area contributed by atoms with Gasteiger partial charge in [0.05, 0.1) is 25.6 Å². The highest BCUT2D eigenvalue weighted by molar-refractivity contribution is 8.00. The molecule has 0 spiro atoms. The van der Waals surface area contributed by atoms with Gasteiger partial charge in [0.1, 0.15) is 5.75 Å². The van der Waals surface area contributed by atoms with Gasteiger partial charge in [-0.05, 0) is 31.2 Å². The topological polar surface area (TPSA) is 69.5 Å². The van der Waals surface area contributed by atoms with E-state index in [0.29, 0.717) is 26.3 Å². The first-order valence-corrected chi connectivity index (χ1v) is 9.05. The molecule has 7 nitrogen and oxygen atoms in total. The lowest BCUT2D eigenvalue weighted by atomic mass is 10.2. The number of aromatic nitrogens is 3. The summed E-state index contributed by atoms with van der Waals surface area (Å²) in [4.78, 5) is 14.4. The third-order valence-corrected chi connectivity index (χ3v) is 5.26. The van der Waals surface area contributed by atoms with Gasteiger partial charge in [-0.2, -0.15) is 0 Å². The van der Waals surface area contributed by atoms with Gasteiger partial charge in [0.2, 0.25) is 5.91 Å². The molecule has 1 fully saturated rings. The number of hydrogen-bond acceptors (Lipinski definition) is 6. The van der Waals surface area contributed by atoms with Crippen molar-refractivity contribution in [1.82, 2.24) is 19.7 Å². The summed E-state index contributed by atoms with van der Waals surface area (Å²) in [6.07, 6.45) is 0. The minimum atomic E-state index is -0.218. The summed E-state index contributed by atoms with van der Waals surface area (Å²) >= 11 is 1.43. The van der Waals surface area contributed by atoms with Crippen molar-refractivity contribution >= 4 is 17.7 Å². The molecule has 2 aromatic rings. The molecule has 1 aliphatic heterocycles. The smallest absolute Gasteiger partial charge is 0.236 e. The van der Waals surface area contributed by atoms with Gasteiger partial charge < -0.3 is 18.9 Å². The largest absolute Gasteiger partial charge is 0.497 e. The molecular weight excluding hydrogens is 340 g/mol. The summed E-state index contributed by atoms with van der Waals surface area (Å²) in [6.45, 7) is 4.42. The Morgan fingerprint density at radius 2 is 1.92 bits per heavy atom. The van der Waals surface area contributed by atoms with Gasteiger partial charge in [0, 0.05) is 25.7 Å². The van der Waals surface area contributed by atoms with Crippen molar-refractivity contribution in [1.29, 1.82) is 0 Å². The highest BCUT2D eigenvalue weighted by atomic mass is 32.2. The third-order valence-electron chi connectivity index (χ3n) is 4.14. The maximum absolute atomic E-state index is 12.5. The van der Waals surface area contributed by atoms with Crippen LogP contribution in [0, 0.1) is 0 Å². The average molecular weight is 362 g/mol. The summed E-state index contributed by atoms with van der Waals surface area (Å²) in [7, 11) is 3.55. The Bertz CT molecular complexity index is 726. The lowest BCUT2D eigenvalue weighted by molar-refractivity contribution is -0.134. The van der Waals surface area contributed by atoms with Gasteiger partial charge in [-0.25, -0.2) is 0 Å². The predicted octanol–water partition coefficient (Wildman–Crippen LogP) is 1.83. The molecule has 0 bridgehead atoms. The monoisotopic (exact) mass is 362 g/mol. The number of thioether (sulfide) groups is 1. The Labute approximate surface area is 151 Å². The molecule has 134 valence electrons. The van der Waals surface area contributed by atoms with E-state index in [9.17, 15) is 4.79 Å². The van der Waals surface area contributed by atoms with Crippen LogP contribution in [0.2, 0.25) is 0 Å². The number of hydrogen-bond donors (Lipinski definition) is 0. The van der Waals surface area contributed by atoms with Gasteiger partial charge in [0.25, 0.3) is 0 Å². The van der Waals surface area contributed by atoms with Crippen LogP contribution in [0.3, 0.4) is 0 Å². The van der Waals surface area contributed by atoms with E-state index in [0.717, 1.165) is 22.3 Å². The van der Waals surface area contributed by atoms with Gasteiger partial charge in [0.15, 0.2) is 11.0 Å². The second-order valence-electron chi connectivity index (χ2n) is 5.79. The van der Waals surface area contributed by atoms with Gasteiger partial charge >= 0.3 is 0 Å². The first kappa shape index (κ1) is 17.8. The standard InChI is InChI=1S/C17H22N4O3S/c1-12(16(22)21-8-10-24-11-9-21)25-17-19-18-15(20(17)2)13-4-6-14(23-3)7-5-13/h4-7,12H,8-11H2,1-3H3/t12-/m1/s1. The molecule has 0 unspecified atom stereocenters. The fourth-order valence-electron chi connectivity index (χ4n) is 2.66. The van der Waals surface area contributed by atoms with Gasteiger partial charge in [-0.15, -0.1) is 10.2 Å². The van der Waals surface area contributed by atoms with Crippen molar-refractivity contribution in [2.45, 2.75) is 17.3 Å². The van der Waals surface area contributed by atoms with E-state index in [1.54, 1.807) is 7.11 Å². The van der Waals surface area contributed by atoms with Crippen LogP contribution in [-0.4, -0.2) is 64.2 Å². The average Bonchev–Trinajstić information content (AvgIpc) is 3.02. The van der Waals surface area contributed by atoms with E-state index in [2.05, 4.69) is 10.2 Å². The second kappa shape index (κ2) is 7.88. The minimum absolute atomic E-state index is 0.113.